The van der Waals surface area contributed by atoms with Crippen LogP contribution in [0.3, 0.4) is 0 Å². The highest BCUT2D eigenvalue weighted by Gasteiger charge is 2.38. The zero-order chi connectivity index (χ0) is 23.3. The lowest BCUT2D eigenvalue weighted by Crippen LogP contribution is -2.32. The van der Waals surface area contributed by atoms with Crippen molar-refractivity contribution in [1.82, 2.24) is 0 Å². The molecule has 0 spiro atoms. The van der Waals surface area contributed by atoms with E-state index in [0.717, 1.165) is 0 Å². The summed E-state index contributed by atoms with van der Waals surface area (Å²) in [7, 11) is 1.28. The van der Waals surface area contributed by atoms with Gasteiger partial charge in [0, 0.05) is 41.5 Å². The Morgan fingerprint density at radius 3 is 2.28 bits per heavy atom. The molecule has 3 rings (SSSR count). The Morgan fingerprint density at radius 1 is 1.06 bits per heavy atom. The Bertz CT molecular complexity index is 1010. The quantitative estimate of drug-likeness (QED) is 0.325. The summed E-state index contributed by atoms with van der Waals surface area (Å²) in [5, 5.41) is 0.483. The Balaban J connectivity index is 1.67. The highest BCUT2D eigenvalue weighted by atomic mass is 35.5. The van der Waals surface area contributed by atoms with Crippen molar-refractivity contribution in [1.29, 1.82) is 0 Å². The standard InChI is InChI=1S/C23H21Cl2NO6/c1-31-22(29)15-4-8-18(9-5-15)26-13-16(12-20(26)27)23(30)32-19(10-11-24)21(28)14-2-6-17(25)7-3-14/h2-9,16,19H,10-13H2,1H3/t16-,19+/m0/s1. The summed E-state index contributed by atoms with van der Waals surface area (Å²) in [6.07, 6.45) is -0.946. The number of alkyl halides is 1. The number of methoxy groups -OCH3 is 1. The van der Waals surface area contributed by atoms with Gasteiger partial charge in [0.25, 0.3) is 0 Å². The van der Waals surface area contributed by atoms with Crippen LogP contribution in [0.4, 0.5) is 5.69 Å². The molecule has 1 amide bonds. The number of esters is 2. The Morgan fingerprint density at radius 2 is 1.69 bits per heavy atom. The average Bonchev–Trinajstić information content (AvgIpc) is 3.20. The lowest BCUT2D eigenvalue weighted by atomic mass is 10.0. The molecule has 168 valence electrons. The van der Waals surface area contributed by atoms with Crippen LogP contribution in [0.1, 0.15) is 33.6 Å². The molecular formula is C23H21Cl2NO6. The molecule has 2 aromatic carbocycles. The van der Waals surface area contributed by atoms with Gasteiger partial charge in [-0.1, -0.05) is 11.6 Å². The van der Waals surface area contributed by atoms with Gasteiger partial charge in [0.1, 0.15) is 0 Å². The van der Waals surface area contributed by atoms with Crippen LogP contribution in [-0.4, -0.2) is 49.3 Å². The van der Waals surface area contributed by atoms with Crippen molar-refractivity contribution >= 4 is 52.5 Å². The van der Waals surface area contributed by atoms with Crippen LogP contribution in [-0.2, 0) is 19.1 Å². The second-order valence-corrected chi connectivity index (χ2v) is 8.03. The smallest absolute Gasteiger partial charge is 0.337 e. The van der Waals surface area contributed by atoms with E-state index in [9.17, 15) is 19.2 Å². The summed E-state index contributed by atoms with van der Waals surface area (Å²) in [5.41, 5.74) is 1.25. The fourth-order valence-electron chi connectivity index (χ4n) is 3.39. The number of benzene rings is 2. The third-order valence-electron chi connectivity index (χ3n) is 5.11. The number of Topliss-reactive ketones (excluding diaryl/α,β-unsaturated/α-hetero) is 1. The summed E-state index contributed by atoms with van der Waals surface area (Å²) < 4.78 is 10.1. The van der Waals surface area contributed by atoms with Gasteiger partial charge in [-0.15, -0.1) is 11.6 Å². The van der Waals surface area contributed by atoms with E-state index in [-0.39, 0.29) is 37.0 Å². The van der Waals surface area contributed by atoms with Gasteiger partial charge >= 0.3 is 11.9 Å². The molecular weight excluding hydrogens is 457 g/mol. The Hall–Kier alpha value is -2.90. The number of ketones is 1. The molecule has 1 fully saturated rings. The van der Waals surface area contributed by atoms with Crippen LogP contribution in [0.2, 0.25) is 5.02 Å². The lowest BCUT2D eigenvalue weighted by molar-refractivity contribution is -0.151. The molecule has 0 aliphatic carbocycles. The van der Waals surface area contributed by atoms with Crippen molar-refractivity contribution < 1.29 is 28.7 Å². The van der Waals surface area contributed by atoms with Crippen LogP contribution in [0.15, 0.2) is 48.5 Å². The van der Waals surface area contributed by atoms with Crippen LogP contribution in [0.25, 0.3) is 0 Å². The molecule has 0 aromatic heterocycles. The average molecular weight is 478 g/mol. The van der Waals surface area contributed by atoms with Gasteiger partial charge in [-0.2, -0.15) is 0 Å². The SMILES string of the molecule is COC(=O)c1ccc(N2C[C@@H](C(=O)O[C@H](CCCl)C(=O)c3ccc(Cl)cc3)CC2=O)cc1. The van der Waals surface area contributed by atoms with Gasteiger partial charge in [-0.3, -0.25) is 14.4 Å². The van der Waals surface area contributed by atoms with E-state index in [1.807, 2.05) is 0 Å². The first-order valence-electron chi connectivity index (χ1n) is 9.89. The Kier molecular flexibility index (Phi) is 7.88. The molecule has 0 radical (unpaired) electrons. The van der Waals surface area contributed by atoms with Gasteiger partial charge in [0.2, 0.25) is 11.7 Å². The molecule has 7 nitrogen and oxygen atoms in total. The molecule has 2 atom stereocenters. The minimum Gasteiger partial charge on any atom is -0.465 e. The van der Waals surface area contributed by atoms with E-state index < -0.39 is 24.0 Å². The molecule has 0 bridgehead atoms. The van der Waals surface area contributed by atoms with Gasteiger partial charge < -0.3 is 14.4 Å². The summed E-state index contributed by atoms with van der Waals surface area (Å²) in [6.45, 7) is 0.109. The first-order chi connectivity index (χ1) is 15.3. The lowest BCUT2D eigenvalue weighted by Gasteiger charge is -2.19. The predicted molar refractivity (Wildman–Crippen MR) is 119 cm³/mol. The first-order valence-corrected chi connectivity index (χ1v) is 10.8. The van der Waals surface area contributed by atoms with Crippen LogP contribution in [0, 0.1) is 5.92 Å². The van der Waals surface area contributed by atoms with Crippen molar-refractivity contribution in [3.63, 3.8) is 0 Å². The summed E-state index contributed by atoms with van der Waals surface area (Å²) >= 11 is 11.7. The molecule has 0 unspecified atom stereocenters. The van der Waals surface area contributed by atoms with Crippen LogP contribution >= 0.6 is 23.2 Å². The predicted octanol–water partition coefficient (Wildman–Crippen LogP) is 3.90. The number of carbonyl (C=O) groups is 4. The monoisotopic (exact) mass is 477 g/mol. The number of hydrogen-bond donors (Lipinski definition) is 0. The van der Waals surface area contributed by atoms with Crippen molar-refractivity contribution in [3.05, 3.63) is 64.7 Å². The number of nitrogens with zero attached hydrogens (tertiary/aromatic N) is 1. The van der Waals surface area contributed by atoms with Gasteiger partial charge in [-0.05, 0) is 48.5 Å². The normalized spacial score (nSPS) is 16.5. The molecule has 0 N–H and O–H groups in total. The Labute approximate surface area is 195 Å². The van der Waals surface area contributed by atoms with E-state index in [2.05, 4.69) is 4.74 Å². The maximum atomic E-state index is 12.8. The highest BCUT2D eigenvalue weighted by molar-refractivity contribution is 6.30. The first kappa shape index (κ1) is 23.8. The highest BCUT2D eigenvalue weighted by Crippen LogP contribution is 2.27. The van der Waals surface area contributed by atoms with E-state index in [1.54, 1.807) is 48.5 Å². The molecule has 1 aliphatic heterocycles. The maximum Gasteiger partial charge on any atom is 0.337 e. The van der Waals surface area contributed by atoms with Gasteiger partial charge in [0.05, 0.1) is 18.6 Å². The van der Waals surface area contributed by atoms with E-state index in [0.29, 0.717) is 21.8 Å². The van der Waals surface area contributed by atoms with Gasteiger partial charge in [-0.25, -0.2) is 4.79 Å². The van der Waals surface area contributed by atoms with Crippen molar-refractivity contribution in [2.45, 2.75) is 18.9 Å². The molecule has 1 heterocycles. The second kappa shape index (κ2) is 10.6. The van der Waals surface area contributed by atoms with E-state index in [4.69, 9.17) is 27.9 Å². The van der Waals surface area contributed by atoms with Crippen molar-refractivity contribution in [2.75, 3.05) is 24.4 Å². The van der Waals surface area contributed by atoms with E-state index >= 15 is 0 Å². The number of amides is 1. The topological polar surface area (TPSA) is 90.0 Å². The number of rotatable bonds is 8. The van der Waals surface area contributed by atoms with Crippen molar-refractivity contribution in [3.8, 4) is 0 Å². The molecule has 32 heavy (non-hydrogen) atoms. The summed E-state index contributed by atoms with van der Waals surface area (Å²) in [6, 6.07) is 12.6. The summed E-state index contributed by atoms with van der Waals surface area (Å²) in [5.74, 6) is -2.35. The zero-order valence-electron chi connectivity index (χ0n) is 17.3. The van der Waals surface area contributed by atoms with Gasteiger partial charge in [0.15, 0.2) is 6.10 Å². The third kappa shape index (κ3) is 5.47. The summed E-state index contributed by atoms with van der Waals surface area (Å²) in [4.78, 5) is 51.0. The van der Waals surface area contributed by atoms with Crippen LogP contribution < -0.4 is 4.90 Å². The fourth-order valence-corrected chi connectivity index (χ4v) is 3.71. The molecule has 1 aliphatic rings. The third-order valence-corrected chi connectivity index (χ3v) is 5.58. The second-order valence-electron chi connectivity index (χ2n) is 7.22. The maximum absolute atomic E-state index is 12.8. The molecule has 2 aromatic rings. The minimum atomic E-state index is -1.05. The fraction of sp³-hybridized carbons (Fsp3) is 0.304. The number of hydrogen-bond acceptors (Lipinski definition) is 6. The molecule has 9 heteroatoms. The number of anilines is 1. The molecule has 0 saturated carbocycles. The van der Waals surface area contributed by atoms with Crippen molar-refractivity contribution in [2.24, 2.45) is 5.92 Å². The molecule has 1 saturated heterocycles. The largest absolute Gasteiger partial charge is 0.465 e. The van der Waals surface area contributed by atoms with Crippen LogP contribution in [0.5, 0.6) is 0 Å². The minimum absolute atomic E-state index is 0.0414. The zero-order valence-corrected chi connectivity index (χ0v) is 18.8. The van der Waals surface area contributed by atoms with E-state index in [1.165, 1.54) is 12.0 Å². The number of ether oxygens (including phenoxy) is 2. The number of carbonyl (C=O) groups excluding carboxylic acids is 4. The number of halogens is 2.